The number of aliphatic hydroxyl groups excluding tert-OH is 4. The number of aldehydes is 1. The van der Waals surface area contributed by atoms with Crippen molar-refractivity contribution in [2.75, 3.05) is 6.61 Å². The number of rotatable bonds is 5. The molecule has 0 unspecified atom stereocenters. The highest BCUT2D eigenvalue weighted by Crippen LogP contribution is 2.01. The summed E-state index contributed by atoms with van der Waals surface area (Å²) >= 11 is 0. The third kappa shape index (κ3) is 6.39. The van der Waals surface area contributed by atoms with Crippen molar-refractivity contribution in [1.82, 2.24) is 0 Å². The van der Waals surface area contributed by atoms with Gasteiger partial charge in [0.15, 0.2) is 6.29 Å². The van der Waals surface area contributed by atoms with Crippen LogP contribution in [0.1, 0.15) is 15.9 Å². The standard InChI is InChI=1S/C8H8O2.C5H10O5/c1-6-2-4-7(5-3-6)8(9)10;6-1-3(8)5(10)4(9)2-7/h2-5H,1H3,(H,9,10);1,3-5,7-10H,2H2/t;3-,4+,5-/m.0/s1. The molecule has 0 aliphatic heterocycles. The highest BCUT2D eigenvalue weighted by atomic mass is 16.4. The molecule has 1 rings (SSSR count). The summed E-state index contributed by atoms with van der Waals surface area (Å²) in [6, 6.07) is 6.75. The molecule has 5 N–H and O–H groups in total. The molecule has 0 fully saturated rings. The highest BCUT2D eigenvalue weighted by Gasteiger charge is 2.22. The summed E-state index contributed by atoms with van der Waals surface area (Å²) in [5.74, 6) is -0.875. The topological polar surface area (TPSA) is 135 Å². The molecule has 0 spiro atoms. The van der Waals surface area contributed by atoms with Gasteiger partial charge in [-0.3, -0.25) is 0 Å². The molecule has 7 heteroatoms. The van der Waals surface area contributed by atoms with Gasteiger partial charge in [-0.05, 0) is 19.1 Å². The Bertz CT molecular complexity index is 415. The zero-order chi connectivity index (χ0) is 15.7. The molecular weight excluding hydrogens is 268 g/mol. The van der Waals surface area contributed by atoms with E-state index in [4.69, 9.17) is 25.5 Å². The molecule has 7 nitrogen and oxygen atoms in total. The van der Waals surface area contributed by atoms with Gasteiger partial charge in [0.25, 0.3) is 0 Å². The maximum Gasteiger partial charge on any atom is 0.335 e. The van der Waals surface area contributed by atoms with E-state index in [1.54, 1.807) is 24.3 Å². The largest absolute Gasteiger partial charge is 0.478 e. The van der Waals surface area contributed by atoms with E-state index < -0.39 is 30.9 Å². The Labute approximate surface area is 115 Å². The summed E-state index contributed by atoms with van der Waals surface area (Å²) in [6.45, 7) is 1.23. The zero-order valence-corrected chi connectivity index (χ0v) is 10.9. The second-order valence-electron chi connectivity index (χ2n) is 4.04. The van der Waals surface area contributed by atoms with Gasteiger partial charge in [0.2, 0.25) is 0 Å². The number of aromatic carboxylic acids is 1. The first-order valence-electron chi connectivity index (χ1n) is 5.73. The Kier molecular flexibility index (Phi) is 8.33. The molecule has 0 aliphatic rings. The lowest BCUT2D eigenvalue weighted by Gasteiger charge is -2.16. The SMILES string of the molecule is Cc1ccc(C(=O)O)cc1.O=C[C@H](O)[C@H](O)[C@H](O)CO. The van der Waals surface area contributed by atoms with Gasteiger partial charge in [-0.15, -0.1) is 0 Å². The van der Waals surface area contributed by atoms with Gasteiger partial charge in [0.1, 0.15) is 18.3 Å². The van der Waals surface area contributed by atoms with Crippen molar-refractivity contribution in [1.29, 1.82) is 0 Å². The van der Waals surface area contributed by atoms with E-state index in [1.165, 1.54) is 0 Å². The average molecular weight is 286 g/mol. The van der Waals surface area contributed by atoms with Crippen LogP contribution in [-0.2, 0) is 4.79 Å². The van der Waals surface area contributed by atoms with Crippen LogP contribution in [0, 0.1) is 6.92 Å². The minimum Gasteiger partial charge on any atom is -0.478 e. The lowest BCUT2D eigenvalue weighted by atomic mass is 10.1. The zero-order valence-electron chi connectivity index (χ0n) is 10.9. The van der Waals surface area contributed by atoms with Crippen LogP contribution < -0.4 is 0 Å². The minimum atomic E-state index is -1.64. The summed E-state index contributed by atoms with van der Waals surface area (Å²) in [5.41, 5.74) is 1.41. The summed E-state index contributed by atoms with van der Waals surface area (Å²) in [7, 11) is 0. The summed E-state index contributed by atoms with van der Waals surface area (Å²) in [5, 5.41) is 42.5. The second-order valence-corrected chi connectivity index (χ2v) is 4.04. The quantitative estimate of drug-likeness (QED) is 0.436. The van der Waals surface area contributed by atoms with E-state index in [1.807, 2.05) is 6.92 Å². The van der Waals surface area contributed by atoms with E-state index in [-0.39, 0.29) is 6.29 Å². The molecule has 0 saturated carbocycles. The van der Waals surface area contributed by atoms with Gasteiger partial charge in [0, 0.05) is 0 Å². The van der Waals surface area contributed by atoms with Crippen molar-refractivity contribution >= 4 is 12.3 Å². The Balaban J connectivity index is 0.000000361. The molecule has 0 bridgehead atoms. The van der Waals surface area contributed by atoms with E-state index in [0.717, 1.165) is 5.56 Å². The summed E-state index contributed by atoms with van der Waals surface area (Å²) in [6.07, 6.45) is -4.63. The van der Waals surface area contributed by atoms with Crippen molar-refractivity contribution in [3.05, 3.63) is 35.4 Å². The fourth-order valence-electron chi connectivity index (χ4n) is 1.11. The Morgan fingerprint density at radius 1 is 1.20 bits per heavy atom. The fourth-order valence-corrected chi connectivity index (χ4v) is 1.11. The van der Waals surface area contributed by atoms with Crippen molar-refractivity contribution in [2.45, 2.75) is 25.2 Å². The van der Waals surface area contributed by atoms with Crippen LogP contribution in [0.2, 0.25) is 0 Å². The molecule has 0 saturated heterocycles. The molecule has 0 heterocycles. The normalized spacial score (nSPS) is 14.4. The Hall–Kier alpha value is -1.80. The molecule has 0 radical (unpaired) electrons. The van der Waals surface area contributed by atoms with Crippen molar-refractivity contribution < 1.29 is 35.1 Å². The predicted octanol–water partition coefficient (Wildman–Crippen LogP) is -1.05. The summed E-state index contributed by atoms with van der Waals surface area (Å²) in [4.78, 5) is 20.1. The van der Waals surface area contributed by atoms with Gasteiger partial charge in [-0.2, -0.15) is 0 Å². The average Bonchev–Trinajstić information content (AvgIpc) is 2.45. The van der Waals surface area contributed by atoms with Crippen LogP contribution in [0.25, 0.3) is 0 Å². The first-order chi connectivity index (χ1) is 9.33. The van der Waals surface area contributed by atoms with E-state index in [9.17, 15) is 9.59 Å². The number of carboxylic acid groups (broad SMARTS) is 1. The number of aliphatic hydroxyl groups is 4. The monoisotopic (exact) mass is 286 g/mol. The van der Waals surface area contributed by atoms with Crippen LogP contribution >= 0.6 is 0 Å². The van der Waals surface area contributed by atoms with Gasteiger partial charge < -0.3 is 30.3 Å². The predicted molar refractivity (Wildman–Crippen MR) is 69.3 cm³/mol. The third-order valence-electron chi connectivity index (χ3n) is 2.37. The number of carbonyl (C=O) groups is 2. The van der Waals surface area contributed by atoms with Gasteiger partial charge in [0.05, 0.1) is 12.2 Å². The lowest BCUT2D eigenvalue weighted by Crippen LogP contribution is -2.40. The van der Waals surface area contributed by atoms with Crippen molar-refractivity contribution in [3.63, 3.8) is 0 Å². The van der Waals surface area contributed by atoms with Crippen LogP contribution in [0.5, 0.6) is 0 Å². The van der Waals surface area contributed by atoms with Crippen molar-refractivity contribution in [2.24, 2.45) is 0 Å². The number of hydrogen-bond donors (Lipinski definition) is 5. The number of carboxylic acids is 1. The first kappa shape index (κ1) is 18.2. The van der Waals surface area contributed by atoms with E-state index in [0.29, 0.717) is 5.56 Å². The lowest BCUT2D eigenvalue weighted by molar-refractivity contribution is -0.127. The molecule has 1 aromatic carbocycles. The number of aryl methyl sites for hydroxylation is 1. The fraction of sp³-hybridized carbons (Fsp3) is 0.385. The first-order valence-corrected chi connectivity index (χ1v) is 5.73. The van der Waals surface area contributed by atoms with Gasteiger partial charge in [-0.1, -0.05) is 17.7 Å². The molecule has 0 aliphatic carbocycles. The Morgan fingerprint density at radius 3 is 2.05 bits per heavy atom. The maximum absolute atomic E-state index is 10.3. The highest BCUT2D eigenvalue weighted by molar-refractivity contribution is 5.87. The maximum atomic E-state index is 10.3. The molecule has 20 heavy (non-hydrogen) atoms. The molecule has 112 valence electrons. The second kappa shape index (κ2) is 9.16. The van der Waals surface area contributed by atoms with E-state index in [2.05, 4.69) is 0 Å². The van der Waals surface area contributed by atoms with E-state index >= 15 is 0 Å². The van der Waals surface area contributed by atoms with Gasteiger partial charge in [-0.25, -0.2) is 4.79 Å². The third-order valence-corrected chi connectivity index (χ3v) is 2.37. The number of benzene rings is 1. The van der Waals surface area contributed by atoms with Crippen LogP contribution in [0.15, 0.2) is 24.3 Å². The molecule has 0 aromatic heterocycles. The Morgan fingerprint density at radius 2 is 1.70 bits per heavy atom. The molecular formula is C13H18O7. The molecule has 1 aromatic rings. The molecule has 0 amide bonds. The minimum absolute atomic E-state index is 0.0869. The smallest absolute Gasteiger partial charge is 0.335 e. The van der Waals surface area contributed by atoms with Crippen molar-refractivity contribution in [3.8, 4) is 0 Å². The number of carbonyl (C=O) groups excluding carboxylic acids is 1. The van der Waals surface area contributed by atoms with Crippen LogP contribution in [0.4, 0.5) is 0 Å². The molecule has 3 atom stereocenters. The van der Waals surface area contributed by atoms with Crippen LogP contribution in [0.3, 0.4) is 0 Å². The summed E-state index contributed by atoms with van der Waals surface area (Å²) < 4.78 is 0. The van der Waals surface area contributed by atoms with Gasteiger partial charge >= 0.3 is 5.97 Å². The van der Waals surface area contributed by atoms with Crippen LogP contribution in [-0.4, -0.2) is 62.7 Å². The number of hydrogen-bond acceptors (Lipinski definition) is 6.